The van der Waals surface area contributed by atoms with Gasteiger partial charge < -0.3 is 4.74 Å². The number of hydrogen-bond acceptors (Lipinski definition) is 4. The molecular weight excluding hydrogens is 191 g/mol. The number of hydrogen-bond donors (Lipinski definition) is 0. The monoisotopic (exact) mass is 204 g/mol. The van der Waals surface area contributed by atoms with Gasteiger partial charge in [-0.3, -0.25) is 0 Å². The first kappa shape index (κ1) is 12.1. The predicted molar refractivity (Wildman–Crippen MR) is 47.9 cm³/mol. The van der Waals surface area contributed by atoms with Crippen LogP contribution < -0.4 is 0 Å². The van der Waals surface area contributed by atoms with E-state index in [0.29, 0.717) is 12.8 Å². The van der Waals surface area contributed by atoms with Gasteiger partial charge in [0.1, 0.15) is 0 Å². The van der Waals surface area contributed by atoms with Gasteiger partial charge in [0.15, 0.2) is 0 Å². The van der Waals surface area contributed by atoms with E-state index in [1.54, 1.807) is 0 Å². The van der Waals surface area contributed by atoms with Gasteiger partial charge in [-0.15, -0.1) is 0 Å². The molecule has 0 aliphatic carbocycles. The summed E-state index contributed by atoms with van der Waals surface area (Å²) >= 11 is 0. The average Bonchev–Trinajstić information content (AvgIpc) is 2.03. The highest BCUT2D eigenvalue weighted by Crippen LogP contribution is 2.21. The minimum Gasteiger partial charge on any atom is -0.443 e. The van der Waals surface area contributed by atoms with Crippen molar-refractivity contribution in [2.24, 2.45) is 0 Å². The minimum atomic E-state index is -2.71. The van der Waals surface area contributed by atoms with E-state index < -0.39 is 19.5 Å². The summed E-state index contributed by atoms with van der Waals surface area (Å²) in [6, 6.07) is 0. The highest BCUT2D eigenvalue weighted by Gasteiger charge is 2.18. The summed E-state index contributed by atoms with van der Waals surface area (Å²) in [4.78, 5) is 10.9. The quantitative estimate of drug-likeness (QED) is 0.392. The lowest BCUT2D eigenvalue weighted by Gasteiger charge is -2.08. The zero-order valence-electron chi connectivity index (χ0n) is 7.78. The van der Waals surface area contributed by atoms with Crippen LogP contribution in [-0.2, 0) is 18.7 Å². The molecule has 0 radical (unpaired) electrons. The molecule has 0 aromatic heterocycles. The molecular formula is C8H13O4P. The van der Waals surface area contributed by atoms with Crippen LogP contribution in [0.15, 0.2) is 12.2 Å². The fourth-order valence-electron chi connectivity index (χ4n) is 0.678. The Balaban J connectivity index is 4.26. The van der Waals surface area contributed by atoms with Crippen LogP contribution in [-0.4, -0.2) is 11.8 Å². The molecule has 0 N–H and O–H groups in total. The number of rotatable bonds is 5. The van der Waals surface area contributed by atoms with Crippen molar-refractivity contribution in [3.8, 4) is 0 Å². The molecule has 4 nitrogen and oxygen atoms in total. The van der Waals surface area contributed by atoms with Crippen LogP contribution in [0.3, 0.4) is 0 Å². The predicted octanol–water partition coefficient (Wildman–Crippen LogP) is 2.40. The Morgan fingerprint density at radius 3 is 2.38 bits per heavy atom. The molecule has 13 heavy (non-hydrogen) atoms. The van der Waals surface area contributed by atoms with Crippen LogP contribution in [0.5, 0.6) is 0 Å². The average molecular weight is 204 g/mol. The molecule has 0 saturated heterocycles. The molecule has 0 aliphatic rings. The van der Waals surface area contributed by atoms with E-state index in [0.717, 1.165) is 0 Å². The maximum Gasteiger partial charge on any atom is 0.357 e. The second kappa shape index (κ2) is 5.70. The lowest BCUT2D eigenvalue weighted by atomic mass is 10.3. The summed E-state index contributed by atoms with van der Waals surface area (Å²) in [7, 11) is -2.71. The third kappa shape index (κ3) is 4.63. The molecule has 0 aromatic carbocycles. The standard InChI is InChI=1S/C8H13O4P/c1-4-5-7(13(10)11)12-8(9)6(2)3/h7H,2,4-5H2,1,3H3. The van der Waals surface area contributed by atoms with Crippen molar-refractivity contribution in [3.05, 3.63) is 12.2 Å². The van der Waals surface area contributed by atoms with Gasteiger partial charge >= 0.3 is 13.6 Å². The van der Waals surface area contributed by atoms with Crippen molar-refractivity contribution < 1.29 is 18.7 Å². The summed E-state index contributed by atoms with van der Waals surface area (Å²) in [5, 5.41) is 0. The Morgan fingerprint density at radius 2 is 2.08 bits per heavy atom. The Labute approximate surface area is 77.8 Å². The zero-order valence-corrected chi connectivity index (χ0v) is 8.67. The van der Waals surface area contributed by atoms with E-state index in [4.69, 9.17) is 0 Å². The first-order chi connectivity index (χ1) is 5.99. The van der Waals surface area contributed by atoms with Gasteiger partial charge in [-0.1, -0.05) is 19.9 Å². The summed E-state index contributed by atoms with van der Waals surface area (Å²) in [6.07, 6.45) is 0.981. The first-order valence-electron chi connectivity index (χ1n) is 3.99. The number of esters is 1. The Bertz CT molecular complexity index is 259. The van der Waals surface area contributed by atoms with Crippen LogP contribution in [0.4, 0.5) is 0 Å². The molecule has 0 spiro atoms. The molecule has 0 heterocycles. The largest absolute Gasteiger partial charge is 0.443 e. The van der Waals surface area contributed by atoms with Gasteiger partial charge in [0, 0.05) is 5.57 Å². The van der Waals surface area contributed by atoms with Crippen molar-refractivity contribution in [1.82, 2.24) is 0 Å². The van der Waals surface area contributed by atoms with Crippen molar-refractivity contribution in [1.29, 1.82) is 0 Å². The second-order valence-corrected chi connectivity index (χ2v) is 3.86. The van der Waals surface area contributed by atoms with E-state index in [2.05, 4.69) is 11.3 Å². The van der Waals surface area contributed by atoms with Gasteiger partial charge in [0.25, 0.3) is 0 Å². The van der Waals surface area contributed by atoms with Crippen molar-refractivity contribution in [2.45, 2.75) is 32.5 Å². The fraction of sp³-hybridized carbons (Fsp3) is 0.625. The summed E-state index contributed by atoms with van der Waals surface area (Å²) in [6.45, 7) is 6.65. The lowest BCUT2D eigenvalue weighted by Crippen LogP contribution is -2.13. The van der Waals surface area contributed by atoms with Crippen molar-refractivity contribution in [2.75, 3.05) is 0 Å². The van der Waals surface area contributed by atoms with Crippen LogP contribution in [0.2, 0.25) is 0 Å². The van der Waals surface area contributed by atoms with Gasteiger partial charge in [0.2, 0.25) is 5.85 Å². The molecule has 1 atom stereocenters. The molecule has 0 aliphatic heterocycles. The van der Waals surface area contributed by atoms with E-state index in [-0.39, 0.29) is 5.57 Å². The maximum absolute atomic E-state index is 10.9. The SMILES string of the molecule is C=C(C)C(=O)OC(CCC)P(=O)=O. The van der Waals surface area contributed by atoms with Crippen LogP contribution >= 0.6 is 7.68 Å². The second-order valence-electron chi connectivity index (χ2n) is 2.71. The van der Waals surface area contributed by atoms with Gasteiger partial charge in [-0.2, -0.15) is 0 Å². The van der Waals surface area contributed by atoms with Crippen LogP contribution in [0.25, 0.3) is 0 Å². The molecule has 0 fully saturated rings. The molecule has 74 valence electrons. The molecule has 0 rings (SSSR count). The molecule has 0 amide bonds. The summed E-state index contributed by atoms with van der Waals surface area (Å²) in [5.41, 5.74) is 0.206. The highest BCUT2D eigenvalue weighted by molar-refractivity contribution is 7.31. The minimum absolute atomic E-state index is 0.206. The van der Waals surface area contributed by atoms with Crippen molar-refractivity contribution in [3.63, 3.8) is 0 Å². The van der Waals surface area contributed by atoms with Gasteiger partial charge in [-0.25, -0.2) is 13.9 Å². The molecule has 1 unspecified atom stereocenters. The van der Waals surface area contributed by atoms with Crippen LogP contribution in [0, 0.1) is 0 Å². The van der Waals surface area contributed by atoms with E-state index in [9.17, 15) is 13.9 Å². The number of carbonyl (C=O) groups is 1. The van der Waals surface area contributed by atoms with Gasteiger partial charge in [-0.05, 0) is 13.3 Å². The fourth-order valence-corrected chi connectivity index (χ4v) is 1.33. The molecule has 0 aromatic rings. The van der Waals surface area contributed by atoms with Crippen LogP contribution in [0.1, 0.15) is 26.7 Å². The van der Waals surface area contributed by atoms with E-state index >= 15 is 0 Å². The summed E-state index contributed by atoms with van der Waals surface area (Å²) in [5.74, 6) is -1.66. The first-order valence-corrected chi connectivity index (χ1v) is 5.23. The van der Waals surface area contributed by atoms with E-state index in [1.165, 1.54) is 6.92 Å². The van der Waals surface area contributed by atoms with Gasteiger partial charge in [0.05, 0.1) is 0 Å². The molecule has 0 bridgehead atoms. The Kier molecular flexibility index (Phi) is 5.31. The molecule has 0 saturated carbocycles. The van der Waals surface area contributed by atoms with Crippen molar-refractivity contribution >= 4 is 13.6 Å². The summed E-state index contributed by atoms with van der Waals surface area (Å²) < 4.78 is 25.8. The maximum atomic E-state index is 10.9. The molecule has 5 heteroatoms. The number of ether oxygens (including phenoxy) is 1. The third-order valence-electron chi connectivity index (χ3n) is 1.36. The Morgan fingerprint density at radius 1 is 1.54 bits per heavy atom. The lowest BCUT2D eigenvalue weighted by molar-refractivity contribution is -0.140. The highest BCUT2D eigenvalue weighted by atomic mass is 31.1. The Hall–Kier alpha value is -0.890. The zero-order chi connectivity index (χ0) is 10.4. The topological polar surface area (TPSA) is 60.4 Å². The third-order valence-corrected chi connectivity index (χ3v) is 2.20. The normalized spacial score (nSPS) is 11.8. The number of carbonyl (C=O) groups excluding carboxylic acids is 1. The van der Waals surface area contributed by atoms with E-state index in [1.807, 2.05) is 6.92 Å². The smallest absolute Gasteiger partial charge is 0.357 e.